The van der Waals surface area contributed by atoms with Crippen molar-refractivity contribution in [1.29, 1.82) is 5.26 Å². The van der Waals surface area contributed by atoms with Crippen molar-refractivity contribution in [1.82, 2.24) is 0 Å². The molecule has 0 spiro atoms. The van der Waals surface area contributed by atoms with Gasteiger partial charge in [0.05, 0.1) is 11.6 Å². The van der Waals surface area contributed by atoms with Crippen molar-refractivity contribution in [3.05, 3.63) is 29.8 Å². The monoisotopic (exact) mass is 257 g/mol. The Morgan fingerprint density at radius 1 is 1.20 bits per heavy atom. The zero-order valence-corrected chi connectivity index (χ0v) is 14.7. The Kier molecular flexibility index (Phi) is 18.7. The Hall–Kier alpha value is 1.05. The first-order valence-corrected chi connectivity index (χ1v) is 3.13. The van der Waals surface area contributed by atoms with E-state index in [9.17, 15) is 0 Å². The molecule has 7 heteroatoms. The summed E-state index contributed by atoms with van der Waals surface area (Å²) >= 11 is 0. The molecule has 0 bridgehead atoms. The molecule has 1 N–H and O–H groups in total. The number of hydrogen-bond acceptors (Lipinski definition) is 5. The van der Waals surface area contributed by atoms with Gasteiger partial charge in [0.2, 0.25) is 0 Å². The van der Waals surface area contributed by atoms with Crippen LogP contribution in [0, 0.1) is 11.3 Å². The molecule has 0 fully saturated rings. The molecule has 0 saturated heterocycles. The second-order valence-corrected chi connectivity index (χ2v) is 1.91. The van der Waals surface area contributed by atoms with Crippen LogP contribution in [0.15, 0.2) is 24.3 Å². The number of rotatable bonds is 0. The number of benzene rings is 1. The van der Waals surface area contributed by atoms with Crippen molar-refractivity contribution in [3.63, 3.8) is 0 Å². The number of carboxylic acid groups (broad SMARTS) is 2. The van der Waals surface area contributed by atoms with Crippen molar-refractivity contribution in [2.24, 2.45) is 0 Å². The summed E-state index contributed by atoms with van der Waals surface area (Å²) in [5.41, 5.74) is 0.563. The van der Waals surface area contributed by atoms with E-state index in [-0.39, 0.29) is 109 Å². The molecule has 0 aliphatic heterocycles. The zero-order valence-electron chi connectivity index (χ0n) is 8.43. The molecular weight excluding hydrogens is 252 g/mol. The summed E-state index contributed by atoms with van der Waals surface area (Å²) in [4.78, 5) is 8.33. The number of phenolic OH excluding ortho intramolecular Hbond substituents is 1. The first kappa shape index (κ1) is 21.3. The molecule has 0 amide bonds. The average molecular weight is 257 g/mol. The van der Waals surface area contributed by atoms with Gasteiger partial charge in [0.1, 0.15) is 5.75 Å². The molecule has 0 saturated carbocycles. The van der Waals surface area contributed by atoms with Crippen molar-refractivity contribution < 1.29 is 123 Å². The quantitative estimate of drug-likeness (QED) is 0.465. The van der Waals surface area contributed by atoms with Crippen LogP contribution in [-0.2, 0) is 0 Å². The predicted molar refractivity (Wildman–Crippen MR) is 38.2 cm³/mol. The largest absolute Gasteiger partial charge is 1.00 e. The Morgan fingerprint density at radius 2 is 1.53 bits per heavy atom. The number of phenols is 1. The third kappa shape index (κ3) is 15.1. The van der Waals surface area contributed by atoms with E-state index in [1.165, 1.54) is 12.1 Å². The number of carbonyl (C=O) groups is 1. The molecule has 1 aromatic rings. The van der Waals surface area contributed by atoms with Crippen molar-refractivity contribution in [2.75, 3.05) is 0 Å². The molecule has 1 aromatic carbocycles. The minimum atomic E-state index is -2.33. The van der Waals surface area contributed by atoms with Gasteiger partial charge in [0, 0.05) is 0 Å². The van der Waals surface area contributed by atoms with Gasteiger partial charge in [-0.2, -0.15) is 5.26 Å². The summed E-state index contributed by atoms with van der Waals surface area (Å²) in [6, 6.07) is 8.04. The van der Waals surface area contributed by atoms with Gasteiger partial charge >= 0.3 is 103 Å². The van der Waals surface area contributed by atoms with Crippen LogP contribution in [0.3, 0.4) is 0 Å². The van der Waals surface area contributed by atoms with Crippen LogP contribution in [0.25, 0.3) is 0 Å². The molecule has 0 radical (unpaired) electrons. The van der Waals surface area contributed by atoms with Crippen LogP contribution < -0.4 is 113 Å². The molecular formula is C8H5K2NO4. The minimum absolute atomic E-state index is 0. The van der Waals surface area contributed by atoms with Gasteiger partial charge in [-0.15, -0.1) is 0 Å². The van der Waals surface area contributed by atoms with Gasteiger partial charge in [-0.1, -0.05) is 0 Å². The van der Waals surface area contributed by atoms with Crippen LogP contribution >= 0.6 is 0 Å². The fourth-order valence-corrected chi connectivity index (χ4v) is 0.536. The van der Waals surface area contributed by atoms with Crippen LogP contribution in [0.2, 0.25) is 0 Å². The van der Waals surface area contributed by atoms with E-state index < -0.39 is 6.16 Å². The Bertz CT molecular complexity index is 316. The van der Waals surface area contributed by atoms with Crippen molar-refractivity contribution in [2.45, 2.75) is 0 Å². The zero-order chi connectivity index (χ0) is 10.3. The molecule has 5 nitrogen and oxygen atoms in total. The molecule has 0 atom stereocenters. The smallest absolute Gasteiger partial charge is 0.652 e. The Balaban J connectivity index is -0.000000213. The number of carbonyl (C=O) groups excluding carboxylic acids is 1. The van der Waals surface area contributed by atoms with E-state index in [4.69, 9.17) is 25.4 Å². The molecule has 15 heavy (non-hydrogen) atoms. The summed E-state index contributed by atoms with van der Waals surface area (Å²) in [6.45, 7) is 0. The molecule has 68 valence electrons. The normalized spacial score (nSPS) is 6.60. The summed E-state index contributed by atoms with van der Waals surface area (Å²) in [7, 11) is 0. The molecule has 0 aliphatic carbocycles. The van der Waals surface area contributed by atoms with Gasteiger partial charge in [-0.05, 0) is 30.4 Å². The number of hydrogen-bond donors (Lipinski definition) is 1. The Labute approximate surface area is 172 Å². The Morgan fingerprint density at radius 3 is 1.80 bits per heavy atom. The molecule has 0 aliphatic rings. The maximum Gasteiger partial charge on any atom is 1.00 e. The van der Waals surface area contributed by atoms with Gasteiger partial charge < -0.3 is 20.1 Å². The second kappa shape index (κ2) is 13.1. The van der Waals surface area contributed by atoms with Crippen LogP contribution in [0.4, 0.5) is 4.79 Å². The minimum Gasteiger partial charge on any atom is -0.652 e. The van der Waals surface area contributed by atoms with Crippen LogP contribution in [-0.4, -0.2) is 11.3 Å². The summed E-state index contributed by atoms with van der Waals surface area (Å²) < 4.78 is 0. The first-order chi connectivity index (χ1) is 6.06. The second-order valence-electron chi connectivity index (χ2n) is 1.91. The van der Waals surface area contributed by atoms with E-state index in [1.807, 2.05) is 6.07 Å². The van der Waals surface area contributed by atoms with Gasteiger partial charge in [0.15, 0.2) is 0 Å². The van der Waals surface area contributed by atoms with Crippen molar-refractivity contribution >= 4 is 6.16 Å². The maximum absolute atomic E-state index is 8.74. The summed E-state index contributed by atoms with van der Waals surface area (Å²) in [5, 5.41) is 33.7. The SMILES string of the molecule is N#Cc1ccc(O)cc1.O=C([O-])[O-].[K+].[K+]. The molecule has 1 rings (SSSR count). The standard InChI is InChI=1S/C7H5NO.CH2O3.2K/c8-5-6-1-3-7(9)4-2-6;2-1(3)4;;/h1-4,9H;(H2,2,3,4);;/q;;2*+1/p-2. The van der Waals surface area contributed by atoms with E-state index in [2.05, 4.69) is 0 Å². The van der Waals surface area contributed by atoms with Crippen LogP contribution in [0.1, 0.15) is 5.56 Å². The predicted octanol–water partition coefficient (Wildman–Crippen LogP) is -7.18. The molecule has 0 unspecified atom stereocenters. The number of aromatic hydroxyl groups is 1. The van der Waals surface area contributed by atoms with E-state index in [0.29, 0.717) is 5.56 Å². The number of nitrogens with zero attached hydrogens (tertiary/aromatic N) is 1. The molecule has 0 aromatic heterocycles. The fourth-order valence-electron chi connectivity index (χ4n) is 0.536. The third-order valence-electron chi connectivity index (χ3n) is 0.996. The average Bonchev–Trinajstić information content (AvgIpc) is 2.05. The number of nitriles is 1. The van der Waals surface area contributed by atoms with E-state index in [0.717, 1.165) is 0 Å². The topological polar surface area (TPSA) is 107 Å². The summed E-state index contributed by atoms with van der Waals surface area (Å²) in [6.07, 6.45) is -2.33. The fraction of sp³-hybridized carbons (Fsp3) is 0. The maximum atomic E-state index is 8.74. The van der Waals surface area contributed by atoms with Crippen molar-refractivity contribution in [3.8, 4) is 11.8 Å². The summed E-state index contributed by atoms with van der Waals surface area (Å²) in [5.74, 6) is 0.189. The van der Waals surface area contributed by atoms with Gasteiger partial charge in [0.25, 0.3) is 0 Å². The molecule has 0 heterocycles. The van der Waals surface area contributed by atoms with Gasteiger partial charge in [-0.25, -0.2) is 0 Å². The third-order valence-corrected chi connectivity index (χ3v) is 0.996. The van der Waals surface area contributed by atoms with Crippen LogP contribution in [0.5, 0.6) is 5.75 Å². The van der Waals surface area contributed by atoms with E-state index >= 15 is 0 Å². The first-order valence-electron chi connectivity index (χ1n) is 3.13. The van der Waals surface area contributed by atoms with Gasteiger partial charge in [-0.3, -0.25) is 0 Å². The van der Waals surface area contributed by atoms with E-state index in [1.54, 1.807) is 12.1 Å².